The van der Waals surface area contributed by atoms with Crippen LogP contribution in [0.5, 0.6) is 0 Å². The van der Waals surface area contributed by atoms with Gasteiger partial charge in [-0.1, -0.05) is 50.7 Å². The number of H-pyrrole nitrogens is 1. The van der Waals surface area contributed by atoms with E-state index in [2.05, 4.69) is 25.9 Å². The number of aryl methyl sites for hydroxylation is 3. The van der Waals surface area contributed by atoms with Crippen LogP contribution in [-0.2, 0) is 11.8 Å². The second kappa shape index (κ2) is 9.68. The van der Waals surface area contributed by atoms with E-state index in [1.54, 1.807) is 24.0 Å². The van der Waals surface area contributed by atoms with Gasteiger partial charge in [-0.15, -0.1) is 0 Å². The molecular formula is C27H34N6O2. The lowest BCUT2D eigenvalue weighted by atomic mass is 9.62. The predicted octanol–water partition coefficient (Wildman–Crippen LogP) is 4.38. The molecular weight excluding hydrogens is 440 g/mol. The quantitative estimate of drug-likeness (QED) is 0.451. The van der Waals surface area contributed by atoms with Crippen LogP contribution >= 0.6 is 0 Å². The SMILES string of the molecule is Cc1n[nH]c(C)c1-c1ccc(NC(=O)C(NC(=O)c2ccnn2C)C(C2CCC2)C2CCC2)cc1. The maximum Gasteiger partial charge on any atom is 0.270 e. The lowest BCUT2D eigenvalue weighted by Crippen LogP contribution is -2.54. The van der Waals surface area contributed by atoms with Crippen molar-refractivity contribution < 1.29 is 9.59 Å². The second-order valence-electron chi connectivity index (χ2n) is 10.1. The van der Waals surface area contributed by atoms with Crippen LogP contribution in [0.3, 0.4) is 0 Å². The Hall–Kier alpha value is -3.42. The minimum Gasteiger partial charge on any atom is -0.339 e. The Morgan fingerprint density at radius 2 is 1.69 bits per heavy atom. The molecule has 2 amide bonds. The Balaban J connectivity index is 1.38. The molecule has 0 spiro atoms. The number of carbonyl (C=O) groups is 2. The number of aromatic amines is 1. The molecule has 3 aromatic rings. The van der Waals surface area contributed by atoms with Crippen molar-refractivity contribution in [3.05, 3.63) is 53.6 Å². The van der Waals surface area contributed by atoms with Gasteiger partial charge in [0.1, 0.15) is 11.7 Å². The summed E-state index contributed by atoms with van der Waals surface area (Å²) in [6, 6.07) is 8.94. The highest BCUT2D eigenvalue weighted by molar-refractivity contribution is 6.00. The molecule has 0 radical (unpaired) electrons. The third-order valence-corrected chi connectivity index (χ3v) is 7.97. The van der Waals surface area contributed by atoms with E-state index in [0.29, 0.717) is 17.5 Å². The van der Waals surface area contributed by atoms with E-state index in [0.717, 1.165) is 53.9 Å². The highest BCUT2D eigenvalue weighted by Crippen LogP contribution is 2.46. The summed E-state index contributed by atoms with van der Waals surface area (Å²) in [6.07, 6.45) is 8.52. The maximum absolute atomic E-state index is 13.7. The van der Waals surface area contributed by atoms with Crippen LogP contribution in [0.2, 0.25) is 0 Å². The lowest BCUT2D eigenvalue weighted by Gasteiger charge is -2.46. The zero-order valence-corrected chi connectivity index (χ0v) is 20.7. The molecule has 1 atom stereocenters. The number of carbonyl (C=O) groups excluding carboxylic acids is 2. The molecule has 1 aromatic carbocycles. The number of anilines is 1. The molecule has 3 N–H and O–H groups in total. The number of aromatic nitrogens is 4. The van der Waals surface area contributed by atoms with Crippen LogP contribution in [0.1, 0.15) is 60.4 Å². The Kier molecular flexibility index (Phi) is 6.45. The smallest absolute Gasteiger partial charge is 0.270 e. The number of nitrogens with zero attached hydrogens (tertiary/aromatic N) is 3. The van der Waals surface area contributed by atoms with Crippen molar-refractivity contribution in [2.24, 2.45) is 24.8 Å². The van der Waals surface area contributed by atoms with Gasteiger partial charge >= 0.3 is 0 Å². The summed E-state index contributed by atoms with van der Waals surface area (Å²) in [5.41, 5.74) is 5.27. The van der Waals surface area contributed by atoms with Crippen molar-refractivity contribution in [2.75, 3.05) is 5.32 Å². The zero-order valence-electron chi connectivity index (χ0n) is 20.7. The van der Waals surface area contributed by atoms with Gasteiger partial charge in [-0.2, -0.15) is 10.2 Å². The highest BCUT2D eigenvalue weighted by atomic mass is 16.2. The molecule has 2 saturated carbocycles. The Morgan fingerprint density at radius 3 is 2.17 bits per heavy atom. The van der Waals surface area contributed by atoms with Crippen LogP contribution in [-0.4, -0.2) is 37.8 Å². The number of benzene rings is 1. The molecule has 0 saturated heterocycles. The standard InChI is InChI=1S/C27H34N6O2/c1-16-23(17(2)32-31-16)20-10-12-21(13-11-20)29-27(35)25(30-26(34)22-14-15-28-33(22)3)24(18-6-4-7-18)19-8-5-9-19/h10-15,18-19,24-25H,4-9H2,1-3H3,(H,29,35)(H,30,34)(H,31,32). The summed E-state index contributed by atoms with van der Waals surface area (Å²) in [7, 11) is 1.74. The molecule has 184 valence electrons. The molecule has 2 heterocycles. The number of hydrogen-bond acceptors (Lipinski definition) is 4. The van der Waals surface area contributed by atoms with Gasteiger partial charge in [0.05, 0.1) is 5.69 Å². The molecule has 0 aliphatic heterocycles. The van der Waals surface area contributed by atoms with Gasteiger partial charge in [0.15, 0.2) is 0 Å². The van der Waals surface area contributed by atoms with Crippen molar-refractivity contribution in [2.45, 2.75) is 58.4 Å². The topological polar surface area (TPSA) is 105 Å². The van der Waals surface area contributed by atoms with Gasteiger partial charge < -0.3 is 10.6 Å². The number of hydrogen-bond donors (Lipinski definition) is 3. The molecule has 0 bridgehead atoms. The van der Waals surface area contributed by atoms with Crippen LogP contribution in [0, 0.1) is 31.6 Å². The molecule has 8 nitrogen and oxygen atoms in total. The van der Waals surface area contributed by atoms with Gasteiger partial charge in [0, 0.05) is 30.2 Å². The number of amides is 2. The summed E-state index contributed by atoms with van der Waals surface area (Å²) in [4.78, 5) is 26.8. The molecule has 2 aliphatic rings. The average molecular weight is 475 g/mol. The number of rotatable bonds is 8. The third kappa shape index (κ3) is 4.61. The van der Waals surface area contributed by atoms with Crippen LogP contribution in [0.25, 0.3) is 11.1 Å². The fourth-order valence-electron chi connectivity index (χ4n) is 5.64. The van der Waals surface area contributed by atoms with Crippen molar-refractivity contribution in [3.8, 4) is 11.1 Å². The van der Waals surface area contributed by atoms with E-state index < -0.39 is 6.04 Å². The minimum atomic E-state index is -0.578. The minimum absolute atomic E-state index is 0.146. The lowest BCUT2D eigenvalue weighted by molar-refractivity contribution is -0.121. The van der Waals surface area contributed by atoms with E-state index in [1.807, 2.05) is 38.1 Å². The van der Waals surface area contributed by atoms with Crippen LogP contribution < -0.4 is 10.6 Å². The van der Waals surface area contributed by atoms with Crippen LogP contribution in [0.15, 0.2) is 36.5 Å². The molecule has 2 aromatic heterocycles. The van der Waals surface area contributed by atoms with Crippen molar-refractivity contribution >= 4 is 17.5 Å². The first-order chi connectivity index (χ1) is 16.9. The second-order valence-corrected chi connectivity index (χ2v) is 10.1. The first-order valence-corrected chi connectivity index (χ1v) is 12.6. The van der Waals surface area contributed by atoms with Gasteiger partial charge in [0.25, 0.3) is 5.91 Å². The maximum atomic E-state index is 13.7. The molecule has 2 aliphatic carbocycles. The summed E-state index contributed by atoms with van der Waals surface area (Å²) in [5.74, 6) is 0.725. The van der Waals surface area contributed by atoms with E-state index >= 15 is 0 Å². The monoisotopic (exact) mass is 474 g/mol. The number of nitrogens with one attached hydrogen (secondary N) is 3. The van der Waals surface area contributed by atoms with Crippen LogP contribution in [0.4, 0.5) is 5.69 Å². The van der Waals surface area contributed by atoms with Gasteiger partial charge in [-0.25, -0.2) is 0 Å². The van der Waals surface area contributed by atoms with Gasteiger partial charge in [-0.3, -0.25) is 19.4 Å². The molecule has 5 rings (SSSR count). The summed E-state index contributed by atoms with van der Waals surface area (Å²) >= 11 is 0. The van der Waals surface area contributed by atoms with E-state index in [1.165, 1.54) is 12.8 Å². The highest BCUT2D eigenvalue weighted by Gasteiger charge is 2.44. The molecule has 8 heteroatoms. The Morgan fingerprint density at radius 1 is 1.03 bits per heavy atom. The zero-order chi connectivity index (χ0) is 24.5. The molecule has 2 fully saturated rings. The summed E-state index contributed by atoms with van der Waals surface area (Å²) in [6.45, 7) is 3.98. The fourth-order valence-corrected chi connectivity index (χ4v) is 5.64. The van der Waals surface area contributed by atoms with Crippen molar-refractivity contribution in [1.82, 2.24) is 25.3 Å². The summed E-state index contributed by atoms with van der Waals surface area (Å²) in [5, 5.41) is 17.6. The first kappa shape index (κ1) is 23.3. The first-order valence-electron chi connectivity index (χ1n) is 12.6. The molecule has 1 unspecified atom stereocenters. The fraction of sp³-hybridized carbons (Fsp3) is 0.481. The van der Waals surface area contributed by atoms with Gasteiger partial charge in [0.2, 0.25) is 5.91 Å². The van der Waals surface area contributed by atoms with E-state index in [9.17, 15) is 9.59 Å². The van der Waals surface area contributed by atoms with Crippen molar-refractivity contribution in [3.63, 3.8) is 0 Å². The Bertz CT molecular complexity index is 1170. The van der Waals surface area contributed by atoms with Gasteiger partial charge in [-0.05, 0) is 55.4 Å². The predicted molar refractivity (Wildman–Crippen MR) is 135 cm³/mol. The van der Waals surface area contributed by atoms with E-state index in [-0.39, 0.29) is 17.7 Å². The third-order valence-electron chi connectivity index (χ3n) is 7.97. The van der Waals surface area contributed by atoms with E-state index in [4.69, 9.17) is 0 Å². The largest absolute Gasteiger partial charge is 0.339 e. The summed E-state index contributed by atoms with van der Waals surface area (Å²) < 4.78 is 1.55. The Labute approximate surface area is 205 Å². The normalized spacial score (nSPS) is 17.0. The average Bonchev–Trinajstić information content (AvgIpc) is 3.34. The molecule has 35 heavy (non-hydrogen) atoms. The van der Waals surface area contributed by atoms with Crippen molar-refractivity contribution in [1.29, 1.82) is 0 Å².